The lowest BCUT2D eigenvalue weighted by atomic mass is 10.0. The maximum atomic E-state index is 9.98. The molecule has 2 nitrogen and oxygen atoms in total. The van der Waals surface area contributed by atoms with Gasteiger partial charge in [-0.3, -0.25) is 0 Å². The normalized spacial score (nSPS) is 15.1. The van der Waals surface area contributed by atoms with E-state index in [-0.39, 0.29) is 0 Å². The Kier molecular flexibility index (Phi) is 2.24. The van der Waals surface area contributed by atoms with Crippen molar-refractivity contribution in [3.63, 3.8) is 0 Å². The third-order valence-electron chi connectivity index (χ3n) is 2.39. The Labute approximate surface area is 77.3 Å². The van der Waals surface area contributed by atoms with Gasteiger partial charge in [0.15, 0.2) is 0 Å². The highest BCUT2D eigenvalue weighted by Gasteiger charge is 2.25. The third kappa shape index (κ3) is 1.85. The molecule has 1 fully saturated rings. The molecule has 0 spiro atoms. The van der Waals surface area contributed by atoms with Crippen molar-refractivity contribution in [1.82, 2.24) is 0 Å². The predicted molar refractivity (Wildman–Crippen MR) is 50.2 cm³/mol. The van der Waals surface area contributed by atoms with Crippen LogP contribution in [0.15, 0.2) is 29.3 Å². The Morgan fingerprint density at radius 2 is 2.15 bits per heavy atom. The van der Waals surface area contributed by atoms with E-state index in [1.165, 1.54) is 24.0 Å². The van der Waals surface area contributed by atoms with E-state index in [1.807, 2.05) is 18.2 Å². The topological polar surface area (TPSA) is 29.4 Å². The van der Waals surface area contributed by atoms with Gasteiger partial charge in [0.2, 0.25) is 6.08 Å². The van der Waals surface area contributed by atoms with Gasteiger partial charge < -0.3 is 0 Å². The Morgan fingerprint density at radius 1 is 1.38 bits per heavy atom. The lowest BCUT2D eigenvalue weighted by Gasteiger charge is -2.03. The number of carbonyl (C=O) groups excluding carboxylic acids is 1. The summed E-state index contributed by atoms with van der Waals surface area (Å²) in [5, 5.41) is 0. The minimum absolute atomic E-state index is 0.482. The molecule has 1 aromatic rings. The highest BCUT2D eigenvalue weighted by Crippen LogP contribution is 2.41. The number of aliphatic imine (C=N–C) groups is 1. The van der Waals surface area contributed by atoms with E-state index >= 15 is 0 Å². The Morgan fingerprint density at radius 3 is 2.85 bits per heavy atom. The first kappa shape index (κ1) is 8.21. The molecule has 1 aliphatic rings. The van der Waals surface area contributed by atoms with Gasteiger partial charge in [-0.2, -0.15) is 0 Å². The molecule has 0 amide bonds. The maximum Gasteiger partial charge on any atom is 0.235 e. The third-order valence-corrected chi connectivity index (χ3v) is 2.39. The van der Waals surface area contributed by atoms with Crippen LogP contribution in [0, 0.1) is 0 Å². The van der Waals surface area contributed by atoms with Crippen LogP contribution in [0.4, 0.5) is 0 Å². The molecular weight excluding hydrogens is 162 g/mol. The SMILES string of the molecule is O=C=NCc1ccccc1C1CC1. The molecule has 13 heavy (non-hydrogen) atoms. The zero-order valence-corrected chi connectivity index (χ0v) is 7.36. The summed E-state index contributed by atoms with van der Waals surface area (Å²) in [4.78, 5) is 13.6. The number of nitrogens with zero attached hydrogens (tertiary/aromatic N) is 1. The minimum atomic E-state index is 0.482. The van der Waals surface area contributed by atoms with Crippen molar-refractivity contribution in [2.24, 2.45) is 4.99 Å². The van der Waals surface area contributed by atoms with E-state index in [0.29, 0.717) is 6.54 Å². The van der Waals surface area contributed by atoms with Gasteiger partial charge in [-0.05, 0) is 29.9 Å². The molecule has 0 aliphatic heterocycles. The molecule has 0 unspecified atom stereocenters. The fraction of sp³-hybridized carbons (Fsp3) is 0.364. The van der Waals surface area contributed by atoms with Crippen molar-refractivity contribution in [3.8, 4) is 0 Å². The standard InChI is InChI=1S/C11H11NO/c13-8-12-7-10-3-1-2-4-11(10)9-5-6-9/h1-4,9H,5-7H2. The molecule has 66 valence electrons. The van der Waals surface area contributed by atoms with Gasteiger partial charge in [-0.25, -0.2) is 9.79 Å². The molecule has 1 aromatic carbocycles. The highest BCUT2D eigenvalue weighted by atomic mass is 16.1. The van der Waals surface area contributed by atoms with Crippen molar-refractivity contribution in [3.05, 3.63) is 35.4 Å². The van der Waals surface area contributed by atoms with E-state index < -0.39 is 0 Å². The van der Waals surface area contributed by atoms with Gasteiger partial charge in [0.1, 0.15) is 0 Å². The number of hydrogen-bond acceptors (Lipinski definition) is 2. The zero-order chi connectivity index (χ0) is 9.10. The van der Waals surface area contributed by atoms with Crippen LogP contribution in [0.2, 0.25) is 0 Å². The summed E-state index contributed by atoms with van der Waals surface area (Å²) in [6, 6.07) is 8.20. The smallest absolute Gasteiger partial charge is 0.211 e. The molecule has 0 heterocycles. The second kappa shape index (κ2) is 3.55. The Hall–Kier alpha value is -1.40. The van der Waals surface area contributed by atoms with E-state index in [1.54, 1.807) is 6.08 Å². The average molecular weight is 173 g/mol. The molecule has 2 heteroatoms. The number of hydrogen-bond donors (Lipinski definition) is 0. The Bertz CT molecular complexity index is 349. The molecular formula is C11H11NO. The second-order valence-corrected chi connectivity index (χ2v) is 3.38. The lowest BCUT2D eigenvalue weighted by molar-refractivity contribution is 0.562. The Balaban J connectivity index is 2.25. The summed E-state index contributed by atoms with van der Waals surface area (Å²) in [6.07, 6.45) is 4.14. The molecule has 2 rings (SSSR count). The highest BCUT2D eigenvalue weighted by molar-refractivity contribution is 5.37. The van der Waals surface area contributed by atoms with Crippen LogP contribution in [0.25, 0.3) is 0 Å². The van der Waals surface area contributed by atoms with E-state index in [2.05, 4.69) is 11.1 Å². The van der Waals surface area contributed by atoms with Crippen LogP contribution in [0.5, 0.6) is 0 Å². The fourth-order valence-corrected chi connectivity index (χ4v) is 1.59. The summed E-state index contributed by atoms with van der Waals surface area (Å²) in [7, 11) is 0. The molecule has 1 saturated carbocycles. The first-order chi connectivity index (χ1) is 6.42. The van der Waals surface area contributed by atoms with Crippen molar-refractivity contribution in [1.29, 1.82) is 0 Å². The van der Waals surface area contributed by atoms with Gasteiger partial charge in [0.25, 0.3) is 0 Å². The largest absolute Gasteiger partial charge is 0.235 e. The summed E-state index contributed by atoms with van der Waals surface area (Å²) in [6.45, 7) is 0.482. The molecule has 0 atom stereocenters. The van der Waals surface area contributed by atoms with Gasteiger partial charge in [0, 0.05) is 0 Å². The van der Waals surface area contributed by atoms with Crippen LogP contribution < -0.4 is 0 Å². The first-order valence-corrected chi connectivity index (χ1v) is 4.53. The summed E-state index contributed by atoms with van der Waals surface area (Å²) >= 11 is 0. The van der Waals surface area contributed by atoms with Gasteiger partial charge >= 0.3 is 0 Å². The van der Waals surface area contributed by atoms with Crippen LogP contribution >= 0.6 is 0 Å². The van der Waals surface area contributed by atoms with Crippen LogP contribution in [-0.2, 0) is 11.3 Å². The first-order valence-electron chi connectivity index (χ1n) is 4.53. The van der Waals surface area contributed by atoms with E-state index in [4.69, 9.17) is 0 Å². The van der Waals surface area contributed by atoms with E-state index in [9.17, 15) is 4.79 Å². The number of isocyanates is 1. The average Bonchev–Trinajstić information content (AvgIpc) is 2.98. The van der Waals surface area contributed by atoms with Gasteiger partial charge in [0.05, 0.1) is 6.54 Å². The van der Waals surface area contributed by atoms with Crippen LogP contribution in [0.1, 0.15) is 29.9 Å². The molecule has 0 N–H and O–H groups in total. The summed E-state index contributed by atoms with van der Waals surface area (Å²) in [5.41, 5.74) is 2.54. The number of rotatable bonds is 3. The second-order valence-electron chi connectivity index (χ2n) is 3.38. The lowest BCUT2D eigenvalue weighted by Crippen LogP contribution is -1.89. The van der Waals surface area contributed by atoms with Crippen molar-refractivity contribution in [2.75, 3.05) is 0 Å². The van der Waals surface area contributed by atoms with Gasteiger partial charge in [-0.15, -0.1) is 0 Å². The van der Waals surface area contributed by atoms with Gasteiger partial charge in [-0.1, -0.05) is 24.3 Å². The maximum absolute atomic E-state index is 9.98. The van der Waals surface area contributed by atoms with Crippen LogP contribution in [-0.4, -0.2) is 6.08 Å². The molecule has 0 radical (unpaired) electrons. The quantitative estimate of drug-likeness (QED) is 0.509. The number of benzene rings is 1. The minimum Gasteiger partial charge on any atom is -0.211 e. The molecule has 0 saturated heterocycles. The fourth-order valence-electron chi connectivity index (χ4n) is 1.59. The monoisotopic (exact) mass is 173 g/mol. The molecule has 1 aliphatic carbocycles. The molecule has 0 aromatic heterocycles. The van der Waals surface area contributed by atoms with E-state index in [0.717, 1.165) is 5.92 Å². The zero-order valence-electron chi connectivity index (χ0n) is 7.36. The van der Waals surface area contributed by atoms with Crippen molar-refractivity contribution >= 4 is 6.08 Å². The van der Waals surface area contributed by atoms with Crippen molar-refractivity contribution in [2.45, 2.75) is 25.3 Å². The van der Waals surface area contributed by atoms with Crippen LogP contribution in [0.3, 0.4) is 0 Å². The summed E-state index contributed by atoms with van der Waals surface area (Å²) in [5.74, 6) is 0.720. The van der Waals surface area contributed by atoms with Crippen molar-refractivity contribution < 1.29 is 4.79 Å². The molecule has 0 bridgehead atoms. The predicted octanol–water partition coefficient (Wildman–Crippen LogP) is 2.40. The summed E-state index contributed by atoms with van der Waals surface area (Å²) < 4.78 is 0.